The van der Waals surface area contributed by atoms with E-state index < -0.39 is 35.0 Å². The molecule has 0 radical (unpaired) electrons. The largest absolute Gasteiger partial charge is 0.348 e. The number of hydrogen-bond donors (Lipinski definition) is 2. The lowest BCUT2D eigenvalue weighted by atomic mass is 10.2. The maximum atomic E-state index is 13.2. The van der Waals surface area contributed by atoms with E-state index in [2.05, 4.69) is 5.32 Å². The van der Waals surface area contributed by atoms with E-state index in [4.69, 9.17) is 0 Å². The monoisotopic (exact) mass is 274 g/mol. The Bertz CT molecular complexity index is 504. The third kappa shape index (κ3) is 3.97. The van der Waals surface area contributed by atoms with Crippen molar-refractivity contribution in [3.8, 4) is 0 Å². The second-order valence-corrected chi connectivity index (χ2v) is 4.28. The van der Waals surface area contributed by atoms with Crippen LogP contribution in [0.15, 0.2) is 12.1 Å². The predicted octanol–water partition coefficient (Wildman–Crippen LogP) is 1.81. The van der Waals surface area contributed by atoms with E-state index in [1.165, 1.54) is 0 Å². The summed E-state index contributed by atoms with van der Waals surface area (Å²) in [7, 11) is 0. The number of rotatable bonds is 3. The molecule has 0 aliphatic heterocycles. The van der Waals surface area contributed by atoms with Gasteiger partial charge in [-0.25, -0.2) is 13.2 Å². The molecule has 0 spiro atoms. The molecule has 0 saturated carbocycles. The van der Waals surface area contributed by atoms with E-state index in [0.29, 0.717) is 6.07 Å². The fraction of sp³-hybridized carbons (Fsp3) is 0.333. The van der Waals surface area contributed by atoms with Crippen molar-refractivity contribution in [3.63, 3.8) is 0 Å². The molecule has 19 heavy (non-hydrogen) atoms. The highest BCUT2D eigenvalue weighted by molar-refractivity contribution is 6.39. The zero-order valence-corrected chi connectivity index (χ0v) is 10.4. The minimum absolute atomic E-state index is 0.136. The second kappa shape index (κ2) is 6.21. The van der Waals surface area contributed by atoms with E-state index >= 15 is 0 Å². The zero-order chi connectivity index (χ0) is 14.6. The highest BCUT2D eigenvalue weighted by Gasteiger charge is 2.19. The third-order valence-corrected chi connectivity index (χ3v) is 2.16. The van der Waals surface area contributed by atoms with Gasteiger partial charge < -0.3 is 10.6 Å². The molecule has 0 unspecified atom stereocenters. The molecule has 0 atom stereocenters. The van der Waals surface area contributed by atoms with Crippen LogP contribution in [0.4, 0.5) is 18.9 Å². The van der Waals surface area contributed by atoms with Crippen molar-refractivity contribution in [1.29, 1.82) is 0 Å². The standard InChI is InChI=1S/C12H13F3N2O2/c1-6(2)5-16-11(18)12(19)17-8-4-3-7(13)9(14)10(8)15/h3-4,6H,5H2,1-2H3,(H,16,18)(H,17,19). The molecule has 0 saturated heterocycles. The number of amides is 2. The SMILES string of the molecule is CC(C)CNC(=O)C(=O)Nc1ccc(F)c(F)c1F. The van der Waals surface area contributed by atoms with Gasteiger partial charge in [0.15, 0.2) is 17.5 Å². The van der Waals surface area contributed by atoms with Gasteiger partial charge in [0.1, 0.15) is 0 Å². The molecule has 0 aromatic heterocycles. The minimum atomic E-state index is -1.71. The first-order valence-corrected chi connectivity index (χ1v) is 5.55. The molecule has 4 nitrogen and oxygen atoms in total. The van der Waals surface area contributed by atoms with Crippen LogP contribution < -0.4 is 10.6 Å². The van der Waals surface area contributed by atoms with Crippen molar-refractivity contribution in [1.82, 2.24) is 5.32 Å². The minimum Gasteiger partial charge on any atom is -0.348 e. The Kier molecular flexibility index (Phi) is 4.91. The Hall–Kier alpha value is -2.05. The number of halogens is 3. The first-order chi connectivity index (χ1) is 8.82. The third-order valence-electron chi connectivity index (χ3n) is 2.16. The van der Waals surface area contributed by atoms with E-state index in [-0.39, 0.29) is 12.5 Å². The van der Waals surface area contributed by atoms with Crippen molar-refractivity contribution >= 4 is 17.5 Å². The van der Waals surface area contributed by atoms with Crippen LogP contribution in [0, 0.1) is 23.4 Å². The van der Waals surface area contributed by atoms with Crippen molar-refractivity contribution in [2.24, 2.45) is 5.92 Å². The highest BCUT2D eigenvalue weighted by atomic mass is 19.2. The van der Waals surface area contributed by atoms with Crippen LogP contribution in [0.25, 0.3) is 0 Å². The molecule has 1 rings (SSSR count). The molecular weight excluding hydrogens is 261 g/mol. The van der Waals surface area contributed by atoms with Crippen molar-refractivity contribution in [3.05, 3.63) is 29.6 Å². The number of carbonyl (C=O) groups is 2. The molecule has 0 fully saturated rings. The average Bonchev–Trinajstić information content (AvgIpc) is 2.36. The van der Waals surface area contributed by atoms with E-state index in [0.717, 1.165) is 6.07 Å². The Labute approximate surface area is 108 Å². The predicted molar refractivity (Wildman–Crippen MR) is 62.8 cm³/mol. The number of carbonyl (C=O) groups excluding carboxylic acids is 2. The molecular formula is C12H13F3N2O2. The first-order valence-electron chi connectivity index (χ1n) is 5.55. The van der Waals surface area contributed by atoms with Crippen LogP contribution in [-0.4, -0.2) is 18.4 Å². The fourth-order valence-electron chi connectivity index (χ4n) is 1.18. The summed E-state index contributed by atoms with van der Waals surface area (Å²) in [5.74, 6) is -6.62. The summed E-state index contributed by atoms with van der Waals surface area (Å²) in [6.07, 6.45) is 0. The number of benzene rings is 1. The van der Waals surface area contributed by atoms with Crippen LogP contribution in [-0.2, 0) is 9.59 Å². The molecule has 0 bridgehead atoms. The van der Waals surface area contributed by atoms with Gasteiger partial charge in [-0.15, -0.1) is 0 Å². The Morgan fingerprint density at radius 2 is 1.74 bits per heavy atom. The quantitative estimate of drug-likeness (QED) is 0.652. The lowest BCUT2D eigenvalue weighted by Gasteiger charge is -2.09. The fourth-order valence-corrected chi connectivity index (χ4v) is 1.18. The molecule has 1 aromatic carbocycles. The molecule has 2 N–H and O–H groups in total. The van der Waals surface area contributed by atoms with Gasteiger partial charge in [-0.3, -0.25) is 9.59 Å². The lowest BCUT2D eigenvalue weighted by Crippen LogP contribution is -2.37. The van der Waals surface area contributed by atoms with Gasteiger partial charge in [0.2, 0.25) is 0 Å². The van der Waals surface area contributed by atoms with Crippen molar-refractivity contribution < 1.29 is 22.8 Å². The van der Waals surface area contributed by atoms with Gasteiger partial charge in [0, 0.05) is 6.54 Å². The van der Waals surface area contributed by atoms with Crippen LogP contribution >= 0.6 is 0 Å². The Morgan fingerprint density at radius 3 is 2.32 bits per heavy atom. The molecule has 0 aliphatic rings. The van der Waals surface area contributed by atoms with Gasteiger partial charge in [-0.1, -0.05) is 13.8 Å². The Balaban J connectivity index is 2.72. The maximum absolute atomic E-state index is 13.2. The normalized spacial score (nSPS) is 10.4. The van der Waals surface area contributed by atoms with Gasteiger partial charge in [-0.05, 0) is 18.1 Å². The van der Waals surface area contributed by atoms with E-state index in [1.807, 2.05) is 19.2 Å². The molecule has 1 aromatic rings. The first kappa shape index (κ1) is 15.0. The number of nitrogens with one attached hydrogen (secondary N) is 2. The van der Waals surface area contributed by atoms with Gasteiger partial charge >= 0.3 is 11.8 Å². The van der Waals surface area contributed by atoms with Crippen LogP contribution in [0.2, 0.25) is 0 Å². The Morgan fingerprint density at radius 1 is 1.11 bits per heavy atom. The summed E-state index contributed by atoms with van der Waals surface area (Å²) < 4.78 is 38.8. The van der Waals surface area contributed by atoms with Crippen molar-refractivity contribution in [2.75, 3.05) is 11.9 Å². The average molecular weight is 274 g/mol. The number of hydrogen-bond acceptors (Lipinski definition) is 2. The summed E-state index contributed by atoms with van der Waals surface area (Å²) in [4.78, 5) is 22.7. The van der Waals surface area contributed by atoms with Gasteiger partial charge in [-0.2, -0.15) is 0 Å². The summed E-state index contributed by atoms with van der Waals surface area (Å²) >= 11 is 0. The second-order valence-electron chi connectivity index (χ2n) is 4.28. The summed E-state index contributed by atoms with van der Waals surface area (Å²) in [5.41, 5.74) is -0.594. The summed E-state index contributed by atoms with van der Waals surface area (Å²) in [5, 5.41) is 4.18. The molecule has 104 valence electrons. The van der Waals surface area contributed by atoms with Crippen LogP contribution in [0.5, 0.6) is 0 Å². The van der Waals surface area contributed by atoms with Gasteiger partial charge in [0.05, 0.1) is 5.69 Å². The summed E-state index contributed by atoms with van der Waals surface area (Å²) in [6, 6.07) is 1.49. The number of anilines is 1. The zero-order valence-electron chi connectivity index (χ0n) is 10.4. The molecule has 7 heteroatoms. The topological polar surface area (TPSA) is 58.2 Å². The molecule has 0 heterocycles. The van der Waals surface area contributed by atoms with Crippen LogP contribution in [0.1, 0.15) is 13.8 Å². The summed E-state index contributed by atoms with van der Waals surface area (Å²) in [6.45, 7) is 3.92. The smallest absolute Gasteiger partial charge is 0.313 e. The maximum Gasteiger partial charge on any atom is 0.313 e. The van der Waals surface area contributed by atoms with Crippen molar-refractivity contribution in [2.45, 2.75) is 13.8 Å². The van der Waals surface area contributed by atoms with E-state index in [9.17, 15) is 22.8 Å². The molecule has 0 aliphatic carbocycles. The highest BCUT2D eigenvalue weighted by Crippen LogP contribution is 2.19. The lowest BCUT2D eigenvalue weighted by molar-refractivity contribution is -0.136. The van der Waals surface area contributed by atoms with E-state index in [1.54, 1.807) is 0 Å². The van der Waals surface area contributed by atoms with Gasteiger partial charge in [0.25, 0.3) is 0 Å². The molecule has 2 amide bonds. The van der Waals surface area contributed by atoms with Crippen LogP contribution in [0.3, 0.4) is 0 Å².